The van der Waals surface area contributed by atoms with Gasteiger partial charge in [-0.3, -0.25) is 4.79 Å². The van der Waals surface area contributed by atoms with Crippen molar-refractivity contribution in [2.24, 2.45) is 0 Å². The van der Waals surface area contributed by atoms with E-state index in [2.05, 4.69) is 9.97 Å². The van der Waals surface area contributed by atoms with Crippen LogP contribution in [0, 0.1) is 0 Å². The lowest BCUT2D eigenvalue weighted by Crippen LogP contribution is -2.15. The summed E-state index contributed by atoms with van der Waals surface area (Å²) < 4.78 is 35.6. The lowest BCUT2D eigenvalue weighted by atomic mass is 10.3. The highest BCUT2D eigenvalue weighted by molar-refractivity contribution is 6.16. The van der Waals surface area contributed by atoms with Gasteiger partial charge in [0, 0.05) is 12.5 Å². The Labute approximate surface area is 88.3 Å². The van der Waals surface area contributed by atoms with Crippen LogP contribution in [0.25, 0.3) is 0 Å². The van der Waals surface area contributed by atoms with Crippen LogP contribution in [0.2, 0.25) is 0 Å². The van der Waals surface area contributed by atoms with E-state index in [1.807, 2.05) is 0 Å². The summed E-state index contributed by atoms with van der Waals surface area (Å²) in [6.07, 6.45) is -5.61. The fourth-order valence-corrected chi connectivity index (χ4v) is 1.15. The summed E-state index contributed by atoms with van der Waals surface area (Å²) in [4.78, 5) is 17.0. The normalized spacial score (nSPS) is 11.7. The van der Waals surface area contributed by atoms with Gasteiger partial charge in [0.25, 0.3) is 5.56 Å². The van der Waals surface area contributed by atoms with Crippen molar-refractivity contribution in [1.82, 2.24) is 9.97 Å². The van der Waals surface area contributed by atoms with Gasteiger partial charge in [-0.25, -0.2) is 4.98 Å². The molecule has 1 N–H and O–H groups in total. The topological polar surface area (TPSA) is 45.8 Å². The Balaban J connectivity index is 2.77. The number of aromatic amines is 1. The first-order valence-corrected chi connectivity index (χ1v) is 4.66. The van der Waals surface area contributed by atoms with E-state index >= 15 is 0 Å². The Hall–Kier alpha value is -1.04. The van der Waals surface area contributed by atoms with Crippen LogP contribution >= 0.6 is 11.6 Å². The van der Waals surface area contributed by atoms with E-state index in [-0.39, 0.29) is 23.8 Å². The molecule has 15 heavy (non-hydrogen) atoms. The molecule has 0 fully saturated rings. The van der Waals surface area contributed by atoms with Crippen LogP contribution in [-0.2, 0) is 12.3 Å². The molecule has 3 nitrogen and oxygen atoms in total. The second-order valence-electron chi connectivity index (χ2n) is 2.93. The van der Waals surface area contributed by atoms with Crippen molar-refractivity contribution in [3.05, 3.63) is 27.9 Å². The van der Waals surface area contributed by atoms with Gasteiger partial charge in [-0.2, -0.15) is 13.2 Å². The number of H-pyrrole nitrogens is 1. The van der Waals surface area contributed by atoms with Crippen molar-refractivity contribution >= 4 is 11.6 Å². The van der Waals surface area contributed by atoms with Crippen molar-refractivity contribution in [1.29, 1.82) is 0 Å². The SMILES string of the molecule is O=c1cc(CCl)nc(CCC(F)(F)F)[nH]1. The van der Waals surface area contributed by atoms with Gasteiger partial charge < -0.3 is 4.98 Å². The summed E-state index contributed by atoms with van der Waals surface area (Å²) in [6.45, 7) is 0. The van der Waals surface area contributed by atoms with E-state index in [9.17, 15) is 18.0 Å². The maximum atomic E-state index is 11.9. The van der Waals surface area contributed by atoms with Crippen LogP contribution in [0.1, 0.15) is 17.9 Å². The number of rotatable bonds is 3. The van der Waals surface area contributed by atoms with Crippen LogP contribution in [0.4, 0.5) is 13.2 Å². The average molecular weight is 241 g/mol. The molecular formula is C8H8ClF3N2O. The first-order chi connectivity index (χ1) is 6.90. The maximum Gasteiger partial charge on any atom is 0.389 e. The summed E-state index contributed by atoms with van der Waals surface area (Å²) >= 11 is 5.42. The molecule has 0 bridgehead atoms. The van der Waals surface area contributed by atoms with E-state index in [4.69, 9.17) is 11.6 Å². The molecule has 0 spiro atoms. The average Bonchev–Trinajstić information content (AvgIpc) is 2.13. The zero-order chi connectivity index (χ0) is 11.5. The van der Waals surface area contributed by atoms with Gasteiger partial charge in [0.05, 0.1) is 18.0 Å². The zero-order valence-corrected chi connectivity index (χ0v) is 8.32. The molecule has 0 aliphatic rings. The molecule has 1 aromatic rings. The number of hydrogen-bond acceptors (Lipinski definition) is 2. The number of nitrogens with one attached hydrogen (secondary N) is 1. The molecule has 0 saturated carbocycles. The number of halogens is 4. The Morgan fingerprint density at radius 1 is 1.47 bits per heavy atom. The van der Waals surface area contributed by atoms with Crippen LogP contribution in [0.5, 0.6) is 0 Å². The fraction of sp³-hybridized carbons (Fsp3) is 0.500. The van der Waals surface area contributed by atoms with Crippen LogP contribution in [0.3, 0.4) is 0 Å². The molecule has 0 radical (unpaired) electrons. The summed E-state index contributed by atoms with van der Waals surface area (Å²) in [6, 6.07) is 1.16. The predicted octanol–water partition coefficient (Wildman–Crippen LogP) is 2.00. The largest absolute Gasteiger partial charge is 0.389 e. The Morgan fingerprint density at radius 2 is 2.13 bits per heavy atom. The number of alkyl halides is 4. The van der Waals surface area contributed by atoms with Crippen LogP contribution in [-0.4, -0.2) is 16.1 Å². The number of nitrogens with zero attached hydrogens (tertiary/aromatic N) is 1. The Kier molecular flexibility index (Phi) is 3.73. The minimum Gasteiger partial charge on any atom is -0.311 e. The third-order valence-corrected chi connectivity index (χ3v) is 1.90. The third kappa shape index (κ3) is 4.33. The summed E-state index contributed by atoms with van der Waals surface area (Å²) in [5, 5.41) is 0. The van der Waals surface area contributed by atoms with E-state index in [0.29, 0.717) is 0 Å². The van der Waals surface area contributed by atoms with Crippen LogP contribution in [0.15, 0.2) is 10.9 Å². The lowest BCUT2D eigenvalue weighted by molar-refractivity contribution is -0.134. The smallest absolute Gasteiger partial charge is 0.311 e. The van der Waals surface area contributed by atoms with Gasteiger partial charge in [0.2, 0.25) is 0 Å². The molecular weight excluding hydrogens is 233 g/mol. The molecule has 1 aromatic heterocycles. The van der Waals surface area contributed by atoms with Gasteiger partial charge >= 0.3 is 6.18 Å². The van der Waals surface area contributed by atoms with Gasteiger partial charge in [0.15, 0.2) is 0 Å². The second kappa shape index (κ2) is 4.65. The molecule has 0 saturated heterocycles. The molecule has 84 valence electrons. The highest BCUT2D eigenvalue weighted by atomic mass is 35.5. The summed E-state index contributed by atoms with van der Waals surface area (Å²) in [5.41, 5.74) is -0.213. The van der Waals surface area contributed by atoms with E-state index in [1.165, 1.54) is 0 Å². The minimum absolute atomic E-state index is 0.00291. The molecule has 1 heterocycles. The zero-order valence-electron chi connectivity index (χ0n) is 7.57. The summed E-state index contributed by atoms with van der Waals surface area (Å²) in [7, 11) is 0. The Bertz CT molecular complexity index is 388. The molecule has 0 aromatic carbocycles. The van der Waals surface area contributed by atoms with Crippen molar-refractivity contribution in [3.8, 4) is 0 Å². The maximum absolute atomic E-state index is 11.9. The standard InChI is InChI=1S/C8H8ClF3N2O/c9-4-5-3-7(15)14-6(13-5)1-2-8(10,11)12/h3H,1-2,4H2,(H,13,14,15). The molecule has 7 heteroatoms. The molecule has 0 aliphatic heterocycles. The predicted molar refractivity (Wildman–Crippen MR) is 48.8 cm³/mol. The number of aryl methyl sites for hydroxylation is 1. The second-order valence-corrected chi connectivity index (χ2v) is 3.20. The van der Waals surface area contributed by atoms with Gasteiger partial charge in [-0.05, 0) is 0 Å². The van der Waals surface area contributed by atoms with E-state index in [1.54, 1.807) is 0 Å². The quantitative estimate of drug-likeness (QED) is 0.822. The van der Waals surface area contributed by atoms with Gasteiger partial charge in [0.1, 0.15) is 5.82 Å². The van der Waals surface area contributed by atoms with E-state index in [0.717, 1.165) is 6.07 Å². The number of aromatic nitrogens is 2. The van der Waals surface area contributed by atoms with Crippen molar-refractivity contribution in [2.75, 3.05) is 0 Å². The monoisotopic (exact) mass is 240 g/mol. The van der Waals surface area contributed by atoms with Gasteiger partial charge in [-0.15, -0.1) is 11.6 Å². The van der Waals surface area contributed by atoms with Crippen LogP contribution < -0.4 is 5.56 Å². The first-order valence-electron chi connectivity index (χ1n) is 4.12. The Morgan fingerprint density at radius 3 is 2.67 bits per heavy atom. The fourth-order valence-electron chi connectivity index (χ4n) is 1.01. The lowest BCUT2D eigenvalue weighted by Gasteiger charge is -2.05. The molecule has 0 amide bonds. The van der Waals surface area contributed by atoms with Crippen molar-refractivity contribution in [2.45, 2.75) is 24.9 Å². The highest BCUT2D eigenvalue weighted by Crippen LogP contribution is 2.20. The molecule has 0 unspecified atom stereocenters. The van der Waals surface area contributed by atoms with E-state index < -0.39 is 18.2 Å². The number of hydrogen-bond donors (Lipinski definition) is 1. The van der Waals surface area contributed by atoms with Crippen molar-refractivity contribution < 1.29 is 13.2 Å². The molecule has 0 aliphatic carbocycles. The first kappa shape index (κ1) is 12.0. The van der Waals surface area contributed by atoms with Crippen molar-refractivity contribution in [3.63, 3.8) is 0 Å². The summed E-state index contributed by atoms with van der Waals surface area (Å²) in [5.74, 6) is 0.0126. The highest BCUT2D eigenvalue weighted by Gasteiger charge is 2.26. The van der Waals surface area contributed by atoms with Gasteiger partial charge in [-0.1, -0.05) is 0 Å². The minimum atomic E-state index is -4.25. The third-order valence-electron chi connectivity index (χ3n) is 1.63. The molecule has 1 rings (SSSR count). The molecule has 0 atom stereocenters.